The minimum absolute atomic E-state index is 0.0930. The maximum atomic E-state index is 9.05. The smallest absolute Gasteiger partial charge is 0.237 e. The second kappa shape index (κ2) is 5.22. The van der Waals surface area contributed by atoms with Crippen LogP contribution in [-0.2, 0) is 5.41 Å². The molecule has 0 radical (unpaired) electrons. The van der Waals surface area contributed by atoms with Crippen molar-refractivity contribution in [3.63, 3.8) is 0 Å². The van der Waals surface area contributed by atoms with Gasteiger partial charge in [-0.1, -0.05) is 32.9 Å². The molecule has 2 rings (SSSR count). The number of ether oxygens (including phenoxy) is 1. The van der Waals surface area contributed by atoms with Crippen molar-refractivity contribution in [1.29, 1.82) is 5.26 Å². The topological polar surface area (TPSA) is 71.9 Å². The molecule has 0 bridgehead atoms. The third-order valence-corrected chi connectivity index (χ3v) is 2.93. The fourth-order valence-electron chi connectivity index (χ4n) is 1.76. The van der Waals surface area contributed by atoms with Crippen LogP contribution >= 0.6 is 0 Å². The molecule has 1 heterocycles. The Morgan fingerprint density at radius 2 is 1.85 bits per heavy atom. The van der Waals surface area contributed by atoms with E-state index in [9.17, 15) is 0 Å². The monoisotopic (exact) mass is 267 g/mol. The summed E-state index contributed by atoms with van der Waals surface area (Å²) in [5.41, 5.74) is 7.67. The van der Waals surface area contributed by atoms with Gasteiger partial charge in [0.25, 0.3) is 0 Å². The number of aromatic nitrogens is 1. The highest BCUT2D eigenvalue weighted by Gasteiger charge is 2.13. The molecule has 1 aromatic heterocycles. The standard InChI is InChI=1S/C16H17N3O/c1-16(2,3)12-4-6-14(7-5-12)20-15-11(9-17)8-13(18)10-19-15/h4-8,10H,18H2,1-3H3. The Balaban J connectivity index is 2.25. The fourth-order valence-corrected chi connectivity index (χ4v) is 1.76. The molecular weight excluding hydrogens is 250 g/mol. The summed E-state index contributed by atoms with van der Waals surface area (Å²) in [6.07, 6.45) is 1.47. The molecule has 2 aromatic rings. The van der Waals surface area contributed by atoms with Crippen molar-refractivity contribution in [2.75, 3.05) is 5.73 Å². The van der Waals surface area contributed by atoms with Crippen molar-refractivity contribution in [2.45, 2.75) is 26.2 Å². The molecule has 20 heavy (non-hydrogen) atoms. The lowest BCUT2D eigenvalue weighted by molar-refractivity contribution is 0.460. The predicted molar refractivity (Wildman–Crippen MR) is 78.6 cm³/mol. The second-order valence-electron chi connectivity index (χ2n) is 5.61. The number of nitrogens with two attached hydrogens (primary N) is 1. The average Bonchev–Trinajstić information content (AvgIpc) is 2.40. The quantitative estimate of drug-likeness (QED) is 0.901. The molecule has 0 aliphatic heterocycles. The van der Waals surface area contributed by atoms with Crippen LogP contribution in [0.3, 0.4) is 0 Å². The van der Waals surface area contributed by atoms with Crippen molar-refractivity contribution < 1.29 is 4.74 Å². The van der Waals surface area contributed by atoms with Crippen LogP contribution in [0.2, 0.25) is 0 Å². The van der Waals surface area contributed by atoms with Crippen molar-refractivity contribution in [3.05, 3.63) is 47.7 Å². The second-order valence-corrected chi connectivity index (χ2v) is 5.61. The maximum absolute atomic E-state index is 9.05. The van der Waals surface area contributed by atoms with E-state index in [0.717, 1.165) is 0 Å². The van der Waals surface area contributed by atoms with E-state index < -0.39 is 0 Å². The molecule has 0 saturated heterocycles. The summed E-state index contributed by atoms with van der Waals surface area (Å²) in [6, 6.07) is 11.3. The molecule has 0 unspecified atom stereocenters. The van der Waals surface area contributed by atoms with E-state index in [1.54, 1.807) is 6.07 Å². The summed E-state index contributed by atoms with van der Waals surface area (Å²) in [6.45, 7) is 6.45. The summed E-state index contributed by atoms with van der Waals surface area (Å²) in [5.74, 6) is 0.914. The van der Waals surface area contributed by atoms with Crippen LogP contribution in [0.25, 0.3) is 0 Å². The number of nitriles is 1. The Morgan fingerprint density at radius 1 is 1.20 bits per heavy atom. The van der Waals surface area contributed by atoms with Gasteiger partial charge < -0.3 is 10.5 Å². The zero-order chi connectivity index (χ0) is 14.8. The Kier molecular flexibility index (Phi) is 3.62. The number of rotatable bonds is 2. The van der Waals surface area contributed by atoms with Gasteiger partial charge in [0.1, 0.15) is 17.4 Å². The lowest BCUT2D eigenvalue weighted by Crippen LogP contribution is -2.10. The van der Waals surface area contributed by atoms with E-state index in [2.05, 4.69) is 25.8 Å². The predicted octanol–water partition coefficient (Wildman–Crippen LogP) is 3.63. The van der Waals surface area contributed by atoms with Crippen LogP contribution in [0.4, 0.5) is 5.69 Å². The lowest BCUT2D eigenvalue weighted by atomic mass is 9.87. The minimum Gasteiger partial charge on any atom is -0.438 e. The normalized spacial score (nSPS) is 10.9. The van der Waals surface area contributed by atoms with Gasteiger partial charge in [0.2, 0.25) is 5.88 Å². The first-order chi connectivity index (χ1) is 9.40. The maximum Gasteiger partial charge on any atom is 0.237 e. The highest BCUT2D eigenvalue weighted by Crippen LogP contribution is 2.27. The molecule has 0 saturated carbocycles. The Bertz CT molecular complexity index is 649. The molecule has 0 spiro atoms. The van der Waals surface area contributed by atoms with Crippen molar-refractivity contribution in [3.8, 4) is 17.7 Å². The van der Waals surface area contributed by atoms with Gasteiger partial charge in [0, 0.05) is 0 Å². The van der Waals surface area contributed by atoms with Crippen LogP contribution in [0, 0.1) is 11.3 Å². The van der Waals surface area contributed by atoms with Crippen molar-refractivity contribution >= 4 is 5.69 Å². The van der Waals surface area contributed by atoms with E-state index in [1.165, 1.54) is 11.8 Å². The number of anilines is 1. The van der Waals surface area contributed by atoms with E-state index >= 15 is 0 Å². The molecule has 0 atom stereocenters. The van der Waals surface area contributed by atoms with Gasteiger partial charge in [0.15, 0.2) is 0 Å². The number of hydrogen-bond donors (Lipinski definition) is 1. The summed E-state index contributed by atoms with van der Waals surface area (Å²) in [5, 5.41) is 9.05. The Hall–Kier alpha value is -2.54. The van der Waals surface area contributed by atoms with Crippen LogP contribution in [0.1, 0.15) is 31.9 Å². The molecule has 0 fully saturated rings. The van der Waals surface area contributed by atoms with Gasteiger partial charge in [-0.15, -0.1) is 0 Å². The first kappa shape index (κ1) is 13.9. The first-order valence-electron chi connectivity index (χ1n) is 6.34. The fraction of sp³-hybridized carbons (Fsp3) is 0.250. The minimum atomic E-state index is 0.0930. The first-order valence-corrected chi connectivity index (χ1v) is 6.34. The number of pyridine rings is 1. The van der Waals surface area contributed by atoms with E-state index in [4.69, 9.17) is 15.7 Å². The van der Waals surface area contributed by atoms with Crippen molar-refractivity contribution in [2.24, 2.45) is 0 Å². The summed E-state index contributed by atoms with van der Waals surface area (Å²) >= 11 is 0. The highest BCUT2D eigenvalue weighted by atomic mass is 16.5. The molecule has 4 heteroatoms. The number of benzene rings is 1. The molecule has 0 aliphatic carbocycles. The molecule has 4 nitrogen and oxygen atoms in total. The largest absolute Gasteiger partial charge is 0.438 e. The molecule has 1 aromatic carbocycles. The zero-order valence-electron chi connectivity index (χ0n) is 11.8. The molecular formula is C16H17N3O. The third kappa shape index (κ3) is 3.07. The average molecular weight is 267 g/mol. The Morgan fingerprint density at radius 3 is 2.40 bits per heavy atom. The van der Waals surface area contributed by atoms with Gasteiger partial charge in [-0.3, -0.25) is 0 Å². The van der Waals surface area contributed by atoms with Gasteiger partial charge in [0.05, 0.1) is 11.9 Å². The highest BCUT2D eigenvalue weighted by molar-refractivity contribution is 5.49. The Labute approximate surface area is 118 Å². The zero-order valence-corrected chi connectivity index (χ0v) is 11.8. The van der Waals surface area contributed by atoms with E-state index in [0.29, 0.717) is 17.0 Å². The van der Waals surface area contributed by atoms with Gasteiger partial charge in [-0.2, -0.15) is 5.26 Å². The number of nitrogens with zero attached hydrogens (tertiary/aromatic N) is 2. The van der Waals surface area contributed by atoms with E-state index in [-0.39, 0.29) is 11.3 Å². The molecule has 0 aliphatic rings. The summed E-state index contributed by atoms with van der Waals surface area (Å²) in [7, 11) is 0. The SMILES string of the molecule is CC(C)(C)c1ccc(Oc2ncc(N)cc2C#N)cc1. The van der Waals surface area contributed by atoms with Crippen LogP contribution in [0.5, 0.6) is 11.6 Å². The molecule has 2 N–H and O–H groups in total. The lowest BCUT2D eigenvalue weighted by Gasteiger charge is -2.19. The van der Waals surface area contributed by atoms with E-state index in [1.807, 2.05) is 30.3 Å². The summed E-state index contributed by atoms with van der Waals surface area (Å²) < 4.78 is 5.63. The molecule has 0 amide bonds. The van der Waals surface area contributed by atoms with Crippen LogP contribution < -0.4 is 10.5 Å². The number of nitrogen functional groups attached to an aromatic ring is 1. The van der Waals surface area contributed by atoms with Crippen LogP contribution in [0.15, 0.2) is 36.5 Å². The van der Waals surface area contributed by atoms with Crippen LogP contribution in [-0.4, -0.2) is 4.98 Å². The van der Waals surface area contributed by atoms with Crippen molar-refractivity contribution in [1.82, 2.24) is 4.98 Å². The third-order valence-electron chi connectivity index (χ3n) is 2.93. The number of hydrogen-bond acceptors (Lipinski definition) is 4. The van der Waals surface area contributed by atoms with Gasteiger partial charge in [-0.25, -0.2) is 4.98 Å². The van der Waals surface area contributed by atoms with Gasteiger partial charge >= 0.3 is 0 Å². The molecule has 102 valence electrons. The summed E-state index contributed by atoms with van der Waals surface area (Å²) in [4.78, 5) is 4.05. The van der Waals surface area contributed by atoms with Gasteiger partial charge in [-0.05, 0) is 29.2 Å².